The van der Waals surface area contributed by atoms with Crippen LogP contribution in [-0.2, 0) is 19.4 Å². The van der Waals surface area contributed by atoms with Crippen molar-refractivity contribution in [2.45, 2.75) is 91.4 Å². The topological polar surface area (TPSA) is 120 Å². The van der Waals surface area contributed by atoms with Crippen molar-refractivity contribution in [1.82, 2.24) is 15.1 Å². The van der Waals surface area contributed by atoms with Crippen molar-refractivity contribution < 1.29 is 35.9 Å². The van der Waals surface area contributed by atoms with Crippen LogP contribution in [-0.4, -0.2) is 78.4 Å². The summed E-state index contributed by atoms with van der Waals surface area (Å²) in [7, 11) is -4.37. The molecule has 0 unspecified atom stereocenters. The molecule has 2 heterocycles. The number of benzene rings is 1. The van der Waals surface area contributed by atoms with Crippen molar-refractivity contribution in [1.29, 1.82) is 5.26 Å². The van der Waals surface area contributed by atoms with Crippen molar-refractivity contribution in [3.63, 3.8) is 0 Å². The third-order valence-electron chi connectivity index (χ3n) is 8.30. The van der Waals surface area contributed by atoms with Crippen LogP contribution in [0.1, 0.15) is 57.8 Å². The molecule has 5 rings (SSSR count). The van der Waals surface area contributed by atoms with Crippen LogP contribution >= 0.6 is 0 Å². The summed E-state index contributed by atoms with van der Waals surface area (Å²) in [6.45, 7) is 1.29. The Morgan fingerprint density at radius 1 is 1.10 bits per heavy atom. The van der Waals surface area contributed by atoms with Gasteiger partial charge in [-0.15, -0.1) is 13.2 Å². The molecule has 2 aliphatic heterocycles. The number of hydrogen-bond acceptors (Lipinski definition) is 7. The van der Waals surface area contributed by atoms with Gasteiger partial charge in [0.1, 0.15) is 21.7 Å². The van der Waals surface area contributed by atoms with Crippen LogP contribution in [0.5, 0.6) is 5.75 Å². The molecule has 0 bridgehead atoms. The summed E-state index contributed by atoms with van der Waals surface area (Å²) in [5.41, 5.74) is -1.65. The van der Waals surface area contributed by atoms with Crippen molar-refractivity contribution in [2.75, 3.05) is 19.6 Å². The lowest BCUT2D eigenvalue weighted by Gasteiger charge is -2.37. The maximum Gasteiger partial charge on any atom is 0.573 e. The maximum absolute atomic E-state index is 14.0. The highest BCUT2D eigenvalue weighted by atomic mass is 32.2. The van der Waals surface area contributed by atoms with E-state index in [4.69, 9.17) is 0 Å². The number of ether oxygens (including phenoxy) is 1. The Morgan fingerprint density at radius 3 is 2.36 bits per heavy atom. The number of amides is 2. The van der Waals surface area contributed by atoms with Gasteiger partial charge in [-0.3, -0.25) is 14.5 Å². The molecule has 212 valence electrons. The zero-order valence-corrected chi connectivity index (χ0v) is 22.2. The number of rotatable bonds is 8. The zero-order valence-electron chi connectivity index (χ0n) is 21.4. The predicted octanol–water partition coefficient (Wildman–Crippen LogP) is 2.91. The molecule has 39 heavy (non-hydrogen) atoms. The number of sulfone groups is 1. The maximum atomic E-state index is 14.0. The number of likely N-dealkylation sites (tertiary alicyclic amines) is 2. The van der Waals surface area contributed by atoms with Gasteiger partial charge in [0.05, 0.1) is 11.3 Å². The van der Waals surface area contributed by atoms with Crippen molar-refractivity contribution in [3.05, 3.63) is 24.3 Å². The largest absolute Gasteiger partial charge is 0.573 e. The predicted molar refractivity (Wildman–Crippen MR) is 132 cm³/mol. The van der Waals surface area contributed by atoms with E-state index in [-0.39, 0.29) is 25.3 Å². The Balaban J connectivity index is 1.41. The lowest BCUT2D eigenvalue weighted by atomic mass is 10.0. The summed E-state index contributed by atoms with van der Waals surface area (Å²) < 4.78 is 70.3. The van der Waals surface area contributed by atoms with Gasteiger partial charge in [-0.1, -0.05) is 18.6 Å². The monoisotopic (exact) mass is 568 g/mol. The number of para-hydroxylation sites is 1. The number of carbonyl (C=O) groups is 2. The third-order valence-corrected chi connectivity index (χ3v) is 10.5. The second-order valence-electron chi connectivity index (χ2n) is 11.0. The molecule has 2 atom stereocenters. The highest BCUT2D eigenvalue weighted by molar-refractivity contribution is 7.92. The Labute approximate surface area is 225 Å². The van der Waals surface area contributed by atoms with Crippen LogP contribution in [0.15, 0.2) is 29.2 Å². The summed E-state index contributed by atoms with van der Waals surface area (Å²) >= 11 is 0. The summed E-state index contributed by atoms with van der Waals surface area (Å²) in [5.74, 6) is -1.53. The van der Waals surface area contributed by atoms with Crippen LogP contribution in [0.3, 0.4) is 0 Å². The molecule has 1 aromatic carbocycles. The quantitative estimate of drug-likeness (QED) is 0.512. The van der Waals surface area contributed by atoms with E-state index in [2.05, 4.69) is 21.0 Å². The van der Waals surface area contributed by atoms with E-state index in [0.717, 1.165) is 44.5 Å². The van der Waals surface area contributed by atoms with Crippen molar-refractivity contribution in [2.24, 2.45) is 0 Å². The molecule has 0 aromatic heterocycles. The Morgan fingerprint density at radius 2 is 1.77 bits per heavy atom. The van der Waals surface area contributed by atoms with E-state index < -0.39 is 55.1 Å². The summed E-state index contributed by atoms with van der Waals surface area (Å²) in [6.07, 6.45) is -0.0777. The fourth-order valence-electron chi connectivity index (χ4n) is 5.91. The molecule has 0 radical (unpaired) electrons. The van der Waals surface area contributed by atoms with Gasteiger partial charge in [0.2, 0.25) is 11.8 Å². The van der Waals surface area contributed by atoms with Gasteiger partial charge in [-0.05, 0) is 70.2 Å². The number of alkyl halides is 3. The molecule has 2 amide bonds. The van der Waals surface area contributed by atoms with Gasteiger partial charge in [-0.25, -0.2) is 8.42 Å². The number of nitrogens with one attached hydrogen (secondary N) is 1. The minimum atomic E-state index is -5.09. The fourth-order valence-corrected chi connectivity index (χ4v) is 7.76. The molecular formula is C26H31F3N4O5S. The third kappa shape index (κ3) is 5.59. The molecule has 1 N–H and O–H groups in total. The van der Waals surface area contributed by atoms with Crippen molar-refractivity contribution >= 4 is 21.7 Å². The normalized spacial score (nSPS) is 25.9. The number of piperidine rings is 1. The Kier molecular flexibility index (Phi) is 7.08. The van der Waals surface area contributed by atoms with E-state index in [1.165, 1.54) is 17.0 Å². The Hall–Kier alpha value is -2.85. The number of halogens is 3. The molecule has 2 saturated heterocycles. The van der Waals surface area contributed by atoms with Crippen LogP contribution in [0.25, 0.3) is 0 Å². The first-order chi connectivity index (χ1) is 18.4. The molecule has 2 aliphatic carbocycles. The van der Waals surface area contributed by atoms with E-state index in [9.17, 15) is 36.4 Å². The molecule has 13 heteroatoms. The minimum Gasteiger partial charge on any atom is -0.404 e. The lowest BCUT2D eigenvalue weighted by molar-refractivity contribution is -0.275. The number of nitrogens with zero attached hydrogens (tertiary/aromatic N) is 3. The fraction of sp³-hybridized carbons (Fsp3) is 0.654. The second kappa shape index (κ2) is 9.96. The van der Waals surface area contributed by atoms with Crippen molar-refractivity contribution in [3.8, 4) is 11.8 Å². The van der Waals surface area contributed by atoms with E-state index in [1.807, 2.05) is 0 Å². The molecule has 1 aromatic rings. The standard InChI is InChI=1S/C26H31F3N4O5S/c27-26(28,29)38-20-6-2-3-7-21(20)39(36,37)19-14-18(15-22(34)31-24(17-30)8-9-24)33(16-19)23(35)25(10-11-25)32-12-4-1-5-13-32/h2-3,6-7,18-19H,1,4-5,8-16H2,(H,31,34)/t18-,19-/m1/s1. The van der Waals surface area contributed by atoms with E-state index in [1.54, 1.807) is 0 Å². The van der Waals surface area contributed by atoms with E-state index in [0.29, 0.717) is 25.7 Å². The van der Waals surface area contributed by atoms with Gasteiger partial charge in [0.15, 0.2) is 9.84 Å². The van der Waals surface area contributed by atoms with Crippen LogP contribution in [0.4, 0.5) is 13.2 Å². The van der Waals surface area contributed by atoms with Crippen LogP contribution < -0.4 is 10.1 Å². The van der Waals surface area contributed by atoms with Gasteiger partial charge in [0, 0.05) is 19.0 Å². The summed E-state index contributed by atoms with van der Waals surface area (Å²) in [4.78, 5) is 29.8. The van der Waals surface area contributed by atoms with Gasteiger partial charge in [0.25, 0.3) is 0 Å². The first-order valence-electron chi connectivity index (χ1n) is 13.3. The summed E-state index contributed by atoms with van der Waals surface area (Å²) in [5, 5.41) is 10.8. The average molecular weight is 569 g/mol. The van der Waals surface area contributed by atoms with Gasteiger partial charge in [-0.2, -0.15) is 5.26 Å². The number of nitriles is 1. The number of hydrogen-bond donors (Lipinski definition) is 1. The molecule has 2 saturated carbocycles. The minimum absolute atomic E-state index is 0.114. The molecular weight excluding hydrogens is 537 g/mol. The molecule has 0 spiro atoms. The van der Waals surface area contributed by atoms with Gasteiger partial charge < -0.3 is 15.0 Å². The highest BCUT2D eigenvalue weighted by Crippen LogP contribution is 2.47. The first-order valence-corrected chi connectivity index (χ1v) is 14.8. The highest BCUT2D eigenvalue weighted by Gasteiger charge is 2.59. The first kappa shape index (κ1) is 27.7. The zero-order chi connectivity index (χ0) is 28.1. The van der Waals surface area contributed by atoms with Crippen LogP contribution in [0, 0.1) is 11.3 Å². The van der Waals surface area contributed by atoms with Crippen LogP contribution in [0.2, 0.25) is 0 Å². The smallest absolute Gasteiger partial charge is 0.404 e. The summed E-state index contributed by atoms with van der Waals surface area (Å²) in [6, 6.07) is 5.86. The van der Waals surface area contributed by atoms with Gasteiger partial charge >= 0.3 is 6.36 Å². The molecule has 4 aliphatic rings. The Bertz CT molecular complexity index is 1280. The lowest BCUT2D eigenvalue weighted by Crippen LogP contribution is -2.54. The molecule has 9 nitrogen and oxygen atoms in total. The SMILES string of the molecule is N#CC1(NC(=O)C[C@H]2C[C@@H](S(=O)(=O)c3ccccc3OC(F)(F)F)CN2C(=O)C2(N3CCCCC3)CC2)CC1. The number of carbonyl (C=O) groups excluding carboxylic acids is 2. The average Bonchev–Trinajstić information content (AvgIpc) is 3.81. The molecule has 4 fully saturated rings. The second-order valence-corrected chi connectivity index (χ2v) is 13.2. The van der Waals surface area contributed by atoms with E-state index >= 15 is 0 Å².